The highest BCUT2D eigenvalue weighted by Crippen LogP contribution is 2.38. The quantitative estimate of drug-likeness (QED) is 0.171. The highest BCUT2D eigenvalue weighted by atomic mass is 19.4. The zero-order chi connectivity index (χ0) is 31.3. The number of carbonyl (C=O) groups excluding carboxylic acids is 1. The van der Waals surface area contributed by atoms with Crippen LogP contribution in [0.1, 0.15) is 69.6 Å². The van der Waals surface area contributed by atoms with Crippen LogP contribution < -0.4 is 10.1 Å². The first-order valence-electron chi connectivity index (χ1n) is 14.6. The highest BCUT2D eigenvalue weighted by Gasteiger charge is 2.37. The van der Waals surface area contributed by atoms with E-state index in [1.54, 1.807) is 51.1 Å². The van der Waals surface area contributed by atoms with Gasteiger partial charge in [-0.15, -0.1) is 0 Å². The molecule has 240 valence electrons. The lowest BCUT2D eigenvalue weighted by atomic mass is 9.88. The molecule has 1 fully saturated rings. The fourth-order valence-corrected chi connectivity index (χ4v) is 4.70. The first-order chi connectivity index (χ1) is 20.4. The van der Waals surface area contributed by atoms with Crippen LogP contribution in [0.5, 0.6) is 5.75 Å². The smallest absolute Gasteiger partial charge is 0.419 e. The Morgan fingerprint density at radius 2 is 1.79 bits per heavy atom. The van der Waals surface area contributed by atoms with Crippen LogP contribution >= 0.6 is 0 Å². The second kappa shape index (κ2) is 16.3. The van der Waals surface area contributed by atoms with Crippen molar-refractivity contribution < 1.29 is 46.4 Å². The highest BCUT2D eigenvalue weighted by molar-refractivity contribution is 5.68. The van der Waals surface area contributed by atoms with Gasteiger partial charge in [-0.3, -0.25) is 0 Å². The van der Waals surface area contributed by atoms with Crippen LogP contribution in [0.4, 0.5) is 18.0 Å². The Hall–Kier alpha value is -2.86. The van der Waals surface area contributed by atoms with Crippen molar-refractivity contribution in [1.82, 2.24) is 5.32 Å². The number of halogens is 3. The molecule has 2 atom stereocenters. The predicted molar refractivity (Wildman–Crippen MR) is 155 cm³/mol. The summed E-state index contributed by atoms with van der Waals surface area (Å²) >= 11 is 0. The van der Waals surface area contributed by atoms with Crippen LogP contribution in [0.15, 0.2) is 48.5 Å². The van der Waals surface area contributed by atoms with Gasteiger partial charge in [0.15, 0.2) is 6.29 Å². The molecule has 0 aliphatic carbocycles. The summed E-state index contributed by atoms with van der Waals surface area (Å²) in [6, 6.07) is 13.0. The second-order valence-electron chi connectivity index (χ2n) is 11.7. The van der Waals surface area contributed by atoms with Crippen molar-refractivity contribution in [3.05, 3.63) is 65.2 Å². The van der Waals surface area contributed by atoms with E-state index in [0.29, 0.717) is 18.6 Å². The molecule has 3 rings (SSSR count). The molecule has 1 heterocycles. The van der Waals surface area contributed by atoms with Crippen molar-refractivity contribution in [3.63, 3.8) is 0 Å². The number of nitrogens with one attached hydrogen (secondary N) is 1. The summed E-state index contributed by atoms with van der Waals surface area (Å²) in [5.41, 5.74) is -1.46. The summed E-state index contributed by atoms with van der Waals surface area (Å²) in [7, 11) is 1.48. The SMILES string of the molecule is COCOCC(CCOC1CCCCO1)(CCc1ccc(OCc2ccccc2)c(C(F)(F)F)c1)NC(=O)OC(C)(C)C. The molecule has 43 heavy (non-hydrogen) atoms. The molecule has 2 aromatic carbocycles. The van der Waals surface area contributed by atoms with Crippen LogP contribution in [-0.4, -0.2) is 57.2 Å². The van der Waals surface area contributed by atoms with Gasteiger partial charge in [0.2, 0.25) is 0 Å². The number of methoxy groups -OCH3 is 1. The minimum absolute atomic E-state index is 0.00767. The number of amides is 1. The van der Waals surface area contributed by atoms with E-state index < -0.39 is 29.0 Å². The largest absolute Gasteiger partial charge is 0.488 e. The average molecular weight is 612 g/mol. The minimum atomic E-state index is -4.62. The van der Waals surface area contributed by atoms with Gasteiger partial charge in [-0.25, -0.2) is 4.79 Å². The van der Waals surface area contributed by atoms with Crippen molar-refractivity contribution >= 4 is 6.09 Å². The number of rotatable bonds is 15. The van der Waals surface area contributed by atoms with Crippen LogP contribution in [0.3, 0.4) is 0 Å². The number of alkyl halides is 3. The van der Waals surface area contributed by atoms with Gasteiger partial charge in [-0.1, -0.05) is 36.4 Å². The van der Waals surface area contributed by atoms with Gasteiger partial charge in [0.05, 0.1) is 24.3 Å². The summed E-state index contributed by atoms with van der Waals surface area (Å²) in [6.07, 6.45) is -2.13. The number of alkyl carbamates (subject to hydrolysis) is 1. The first kappa shape index (κ1) is 34.6. The number of hydrogen-bond acceptors (Lipinski definition) is 7. The van der Waals surface area contributed by atoms with E-state index in [2.05, 4.69) is 5.32 Å². The van der Waals surface area contributed by atoms with Gasteiger partial charge in [0.1, 0.15) is 24.8 Å². The second-order valence-corrected chi connectivity index (χ2v) is 11.7. The van der Waals surface area contributed by atoms with Crippen LogP contribution in [0.25, 0.3) is 0 Å². The molecule has 1 aliphatic heterocycles. The minimum Gasteiger partial charge on any atom is -0.488 e. The third kappa shape index (κ3) is 12.3. The van der Waals surface area contributed by atoms with Gasteiger partial charge < -0.3 is 33.7 Å². The van der Waals surface area contributed by atoms with E-state index in [4.69, 9.17) is 28.4 Å². The molecule has 0 saturated carbocycles. The number of benzene rings is 2. The summed E-state index contributed by atoms with van der Waals surface area (Å²) in [5, 5.41) is 2.94. The summed E-state index contributed by atoms with van der Waals surface area (Å²) in [5.74, 6) is -0.248. The Morgan fingerprint density at radius 3 is 2.44 bits per heavy atom. The Bertz CT molecular complexity index is 1120. The molecule has 0 radical (unpaired) electrons. The molecule has 1 amide bonds. The van der Waals surface area contributed by atoms with E-state index in [9.17, 15) is 18.0 Å². The zero-order valence-electron chi connectivity index (χ0n) is 25.5. The molecule has 1 aliphatic rings. The summed E-state index contributed by atoms with van der Waals surface area (Å²) < 4.78 is 75.7. The van der Waals surface area contributed by atoms with E-state index >= 15 is 0 Å². The lowest BCUT2D eigenvalue weighted by Gasteiger charge is -2.36. The molecule has 1 saturated heterocycles. The number of carbonyl (C=O) groups is 1. The van der Waals surface area contributed by atoms with E-state index in [0.717, 1.165) is 30.9 Å². The van der Waals surface area contributed by atoms with E-state index in [1.165, 1.54) is 13.2 Å². The number of ether oxygens (including phenoxy) is 6. The van der Waals surface area contributed by atoms with Crippen molar-refractivity contribution in [3.8, 4) is 5.75 Å². The Balaban J connectivity index is 1.81. The summed E-state index contributed by atoms with van der Waals surface area (Å²) in [6.45, 7) is 6.10. The fourth-order valence-electron chi connectivity index (χ4n) is 4.70. The normalized spacial score (nSPS) is 17.2. The topological polar surface area (TPSA) is 84.5 Å². The average Bonchev–Trinajstić information content (AvgIpc) is 2.95. The fraction of sp³-hybridized carbons (Fsp3) is 0.594. The first-order valence-corrected chi connectivity index (χ1v) is 14.6. The van der Waals surface area contributed by atoms with Crippen molar-refractivity contribution in [1.29, 1.82) is 0 Å². The third-order valence-corrected chi connectivity index (χ3v) is 6.85. The molecule has 2 aromatic rings. The third-order valence-electron chi connectivity index (χ3n) is 6.85. The molecular weight excluding hydrogens is 567 g/mol. The van der Waals surface area contributed by atoms with Gasteiger partial charge in [0, 0.05) is 13.7 Å². The van der Waals surface area contributed by atoms with Gasteiger partial charge >= 0.3 is 12.3 Å². The standard InChI is InChI=1S/C32H44F3NO7/c1-30(2,3)43-29(37)36-31(22-39-23-38-4,17-19-41-28-12-8-9-18-40-28)16-15-24-13-14-27(26(20-24)32(33,34)35)42-21-25-10-6-5-7-11-25/h5-7,10-11,13-14,20,28H,8-9,12,15-19,21-23H2,1-4H3,(H,36,37). The van der Waals surface area contributed by atoms with E-state index in [-0.39, 0.29) is 51.5 Å². The number of aryl methyl sites for hydroxylation is 1. The maximum Gasteiger partial charge on any atom is 0.419 e. The van der Waals surface area contributed by atoms with Crippen LogP contribution in [-0.2, 0) is 42.9 Å². The van der Waals surface area contributed by atoms with E-state index in [1.807, 2.05) is 6.07 Å². The molecule has 11 heteroatoms. The van der Waals surface area contributed by atoms with Crippen LogP contribution in [0, 0.1) is 0 Å². The summed E-state index contributed by atoms with van der Waals surface area (Å²) in [4.78, 5) is 13.0. The molecule has 0 spiro atoms. The Labute approximate surface area is 252 Å². The lowest BCUT2D eigenvalue weighted by Crippen LogP contribution is -2.54. The van der Waals surface area contributed by atoms with Crippen LogP contribution in [0.2, 0.25) is 0 Å². The van der Waals surface area contributed by atoms with Gasteiger partial charge in [-0.2, -0.15) is 13.2 Å². The Kier molecular flexibility index (Phi) is 13.1. The molecule has 0 bridgehead atoms. The van der Waals surface area contributed by atoms with Gasteiger partial charge in [-0.05, 0) is 82.6 Å². The van der Waals surface area contributed by atoms with Crippen molar-refractivity contribution in [2.45, 2.75) is 89.5 Å². The van der Waals surface area contributed by atoms with Gasteiger partial charge in [0.25, 0.3) is 0 Å². The molecule has 2 unspecified atom stereocenters. The molecular formula is C32H44F3NO7. The molecule has 1 N–H and O–H groups in total. The van der Waals surface area contributed by atoms with Crippen molar-refractivity contribution in [2.75, 3.05) is 33.7 Å². The Morgan fingerprint density at radius 1 is 1.02 bits per heavy atom. The molecule has 8 nitrogen and oxygen atoms in total. The predicted octanol–water partition coefficient (Wildman–Crippen LogP) is 7.03. The zero-order valence-corrected chi connectivity index (χ0v) is 25.5. The number of hydrogen-bond donors (Lipinski definition) is 1. The maximum atomic E-state index is 14.1. The monoisotopic (exact) mass is 611 g/mol. The lowest BCUT2D eigenvalue weighted by molar-refractivity contribution is -0.166. The van der Waals surface area contributed by atoms with Crippen molar-refractivity contribution in [2.24, 2.45) is 0 Å². The molecule has 0 aromatic heterocycles. The maximum absolute atomic E-state index is 14.1.